The lowest BCUT2D eigenvalue weighted by Crippen LogP contribution is -2.43. The van der Waals surface area contributed by atoms with Crippen LogP contribution in [0.25, 0.3) is 0 Å². The third kappa shape index (κ3) is 3.43. The van der Waals surface area contributed by atoms with Gasteiger partial charge in [0.25, 0.3) is 0 Å². The standard InChI is InChI=1S/C13H17FN4O/c14-8-4-6-9(7-5-8)17-13(19)18-11-3-1-2-10(11)12(15)16/h4-7,10-11H,1-3H2,(H3,15,16)(H2,17,18,19). The molecule has 5 N–H and O–H groups in total. The average molecular weight is 264 g/mol. The minimum absolute atomic E-state index is 0.0843. The van der Waals surface area contributed by atoms with E-state index in [1.807, 2.05) is 0 Å². The van der Waals surface area contributed by atoms with E-state index >= 15 is 0 Å². The van der Waals surface area contributed by atoms with E-state index in [0.29, 0.717) is 5.69 Å². The smallest absolute Gasteiger partial charge is 0.319 e. The van der Waals surface area contributed by atoms with Gasteiger partial charge in [0.1, 0.15) is 5.82 Å². The Balaban J connectivity index is 1.90. The monoisotopic (exact) mass is 264 g/mol. The number of carbonyl (C=O) groups excluding carboxylic acids is 1. The Labute approximate surface area is 110 Å². The normalized spacial score (nSPS) is 21.9. The van der Waals surface area contributed by atoms with Gasteiger partial charge in [0.15, 0.2) is 0 Å². The van der Waals surface area contributed by atoms with E-state index in [1.54, 1.807) is 0 Å². The summed E-state index contributed by atoms with van der Waals surface area (Å²) in [5.41, 5.74) is 6.03. The molecule has 0 saturated heterocycles. The molecule has 2 rings (SSSR count). The SMILES string of the molecule is N=C(N)C1CCCC1NC(=O)Nc1ccc(F)cc1. The highest BCUT2D eigenvalue weighted by atomic mass is 19.1. The second-order valence-electron chi connectivity index (χ2n) is 4.70. The largest absolute Gasteiger partial charge is 0.387 e. The number of nitrogens with two attached hydrogens (primary N) is 1. The fraction of sp³-hybridized carbons (Fsp3) is 0.385. The van der Waals surface area contributed by atoms with Gasteiger partial charge >= 0.3 is 6.03 Å². The van der Waals surface area contributed by atoms with Crippen LogP contribution in [0.4, 0.5) is 14.9 Å². The van der Waals surface area contributed by atoms with Gasteiger partial charge in [-0.15, -0.1) is 0 Å². The summed E-state index contributed by atoms with van der Waals surface area (Å²) in [5.74, 6) is -0.318. The first-order chi connectivity index (χ1) is 9.06. The van der Waals surface area contributed by atoms with E-state index < -0.39 is 0 Å². The summed E-state index contributed by atoms with van der Waals surface area (Å²) in [7, 11) is 0. The molecule has 0 radical (unpaired) electrons. The molecule has 102 valence electrons. The van der Waals surface area contributed by atoms with Crippen molar-refractivity contribution < 1.29 is 9.18 Å². The van der Waals surface area contributed by atoms with Crippen LogP contribution in [-0.2, 0) is 0 Å². The molecule has 1 aliphatic carbocycles. The molecule has 0 spiro atoms. The molecule has 5 nitrogen and oxygen atoms in total. The quantitative estimate of drug-likeness (QED) is 0.497. The molecular weight excluding hydrogens is 247 g/mol. The van der Waals surface area contributed by atoms with Crippen molar-refractivity contribution in [2.45, 2.75) is 25.3 Å². The predicted molar refractivity (Wildman–Crippen MR) is 71.6 cm³/mol. The van der Waals surface area contributed by atoms with Gasteiger partial charge in [0, 0.05) is 17.6 Å². The van der Waals surface area contributed by atoms with Crippen LogP contribution in [0.2, 0.25) is 0 Å². The molecule has 0 aromatic heterocycles. The molecule has 19 heavy (non-hydrogen) atoms. The zero-order chi connectivity index (χ0) is 13.8. The number of benzene rings is 1. The topological polar surface area (TPSA) is 91.0 Å². The van der Waals surface area contributed by atoms with Crippen molar-refractivity contribution in [3.8, 4) is 0 Å². The van der Waals surface area contributed by atoms with Crippen LogP contribution in [-0.4, -0.2) is 17.9 Å². The van der Waals surface area contributed by atoms with Gasteiger partial charge in [0.2, 0.25) is 0 Å². The number of nitrogens with one attached hydrogen (secondary N) is 3. The number of anilines is 1. The molecule has 0 aliphatic heterocycles. The molecule has 1 aliphatic rings. The molecule has 2 unspecified atom stereocenters. The molecule has 1 aromatic rings. The van der Waals surface area contributed by atoms with Gasteiger partial charge in [-0.1, -0.05) is 6.42 Å². The third-order valence-electron chi connectivity index (χ3n) is 3.33. The second-order valence-corrected chi connectivity index (χ2v) is 4.70. The molecule has 2 atom stereocenters. The molecule has 2 amide bonds. The summed E-state index contributed by atoms with van der Waals surface area (Å²) >= 11 is 0. The molecule has 6 heteroatoms. The fourth-order valence-corrected chi connectivity index (χ4v) is 2.37. The second kappa shape index (κ2) is 5.69. The first-order valence-electron chi connectivity index (χ1n) is 6.23. The predicted octanol–water partition coefficient (Wildman–Crippen LogP) is 2.05. The van der Waals surface area contributed by atoms with Gasteiger partial charge in [0.05, 0.1) is 5.84 Å². The van der Waals surface area contributed by atoms with Crippen molar-refractivity contribution >= 4 is 17.6 Å². The Morgan fingerprint density at radius 1 is 1.32 bits per heavy atom. The maximum atomic E-state index is 12.7. The number of halogens is 1. The van der Waals surface area contributed by atoms with Crippen molar-refractivity contribution in [1.82, 2.24) is 5.32 Å². The van der Waals surface area contributed by atoms with Crippen LogP contribution in [0, 0.1) is 17.1 Å². The Kier molecular flexibility index (Phi) is 3.99. The van der Waals surface area contributed by atoms with Gasteiger partial charge in [-0.2, -0.15) is 0 Å². The summed E-state index contributed by atoms with van der Waals surface area (Å²) in [4.78, 5) is 11.8. The maximum absolute atomic E-state index is 12.7. The summed E-state index contributed by atoms with van der Waals surface area (Å²) < 4.78 is 12.7. The number of amides is 2. The molecule has 0 heterocycles. The van der Waals surface area contributed by atoms with E-state index in [2.05, 4.69) is 10.6 Å². The number of hydrogen-bond acceptors (Lipinski definition) is 2. The lowest BCUT2D eigenvalue weighted by atomic mass is 10.0. The van der Waals surface area contributed by atoms with E-state index in [9.17, 15) is 9.18 Å². The number of urea groups is 1. The zero-order valence-corrected chi connectivity index (χ0v) is 10.4. The van der Waals surface area contributed by atoms with Gasteiger partial charge in [-0.3, -0.25) is 5.41 Å². The van der Waals surface area contributed by atoms with Crippen LogP contribution in [0.1, 0.15) is 19.3 Å². The molecule has 1 aromatic carbocycles. The first kappa shape index (κ1) is 13.3. The highest BCUT2D eigenvalue weighted by Gasteiger charge is 2.30. The summed E-state index contributed by atoms with van der Waals surface area (Å²) in [6.45, 7) is 0. The Bertz CT molecular complexity index is 474. The maximum Gasteiger partial charge on any atom is 0.319 e. The minimum Gasteiger partial charge on any atom is -0.387 e. The Hall–Kier alpha value is -2.11. The van der Waals surface area contributed by atoms with Crippen LogP contribution < -0.4 is 16.4 Å². The van der Waals surface area contributed by atoms with Crippen molar-refractivity contribution in [2.24, 2.45) is 11.7 Å². The lowest BCUT2D eigenvalue weighted by Gasteiger charge is -2.20. The Morgan fingerprint density at radius 3 is 2.63 bits per heavy atom. The van der Waals surface area contributed by atoms with Crippen LogP contribution >= 0.6 is 0 Å². The van der Waals surface area contributed by atoms with Gasteiger partial charge in [-0.25, -0.2) is 9.18 Å². The van der Waals surface area contributed by atoms with Crippen LogP contribution in [0.3, 0.4) is 0 Å². The average Bonchev–Trinajstić information content (AvgIpc) is 2.80. The molecule has 0 bridgehead atoms. The summed E-state index contributed by atoms with van der Waals surface area (Å²) in [6, 6.07) is 5.09. The zero-order valence-electron chi connectivity index (χ0n) is 10.4. The van der Waals surface area contributed by atoms with Crippen molar-refractivity contribution in [1.29, 1.82) is 5.41 Å². The van der Waals surface area contributed by atoms with Crippen molar-refractivity contribution in [2.75, 3.05) is 5.32 Å². The lowest BCUT2D eigenvalue weighted by molar-refractivity contribution is 0.247. The molecular formula is C13H17FN4O. The molecule has 1 fully saturated rings. The fourth-order valence-electron chi connectivity index (χ4n) is 2.37. The number of carbonyl (C=O) groups is 1. The van der Waals surface area contributed by atoms with Crippen molar-refractivity contribution in [3.63, 3.8) is 0 Å². The van der Waals surface area contributed by atoms with Crippen LogP contribution in [0.15, 0.2) is 24.3 Å². The van der Waals surface area contributed by atoms with E-state index in [0.717, 1.165) is 19.3 Å². The van der Waals surface area contributed by atoms with E-state index in [4.69, 9.17) is 11.1 Å². The first-order valence-corrected chi connectivity index (χ1v) is 6.23. The number of rotatable bonds is 3. The minimum atomic E-state index is -0.357. The van der Waals surface area contributed by atoms with Gasteiger partial charge in [-0.05, 0) is 37.1 Å². The Morgan fingerprint density at radius 2 is 2.00 bits per heavy atom. The van der Waals surface area contributed by atoms with Crippen molar-refractivity contribution in [3.05, 3.63) is 30.1 Å². The highest BCUT2D eigenvalue weighted by molar-refractivity contribution is 5.90. The van der Waals surface area contributed by atoms with E-state index in [-0.39, 0.29) is 29.6 Å². The van der Waals surface area contributed by atoms with E-state index in [1.165, 1.54) is 24.3 Å². The highest BCUT2D eigenvalue weighted by Crippen LogP contribution is 2.25. The summed E-state index contributed by atoms with van der Waals surface area (Å²) in [6.07, 6.45) is 2.60. The van der Waals surface area contributed by atoms with Gasteiger partial charge < -0.3 is 16.4 Å². The molecule has 1 saturated carbocycles. The summed E-state index contributed by atoms with van der Waals surface area (Å²) in [5, 5.41) is 12.9. The number of amidine groups is 1. The third-order valence-corrected chi connectivity index (χ3v) is 3.33. The van der Waals surface area contributed by atoms with Crippen LogP contribution in [0.5, 0.6) is 0 Å². The number of hydrogen-bond donors (Lipinski definition) is 4.